The zero-order valence-electron chi connectivity index (χ0n) is 15.8. The lowest BCUT2D eigenvalue weighted by atomic mass is 10.1. The molecule has 3 aromatic rings. The van der Waals surface area contributed by atoms with Crippen LogP contribution in [0.3, 0.4) is 0 Å². The Balaban J connectivity index is 1.52. The van der Waals surface area contributed by atoms with Crippen molar-refractivity contribution in [1.29, 1.82) is 0 Å². The van der Waals surface area contributed by atoms with Gasteiger partial charge in [-0.3, -0.25) is 9.59 Å². The summed E-state index contributed by atoms with van der Waals surface area (Å²) in [6.07, 6.45) is 2.78. The Kier molecular flexibility index (Phi) is 4.84. The van der Waals surface area contributed by atoms with Gasteiger partial charge in [-0.1, -0.05) is 11.8 Å². The van der Waals surface area contributed by atoms with E-state index in [1.165, 1.54) is 23.1 Å². The zero-order valence-corrected chi connectivity index (χ0v) is 17.4. The van der Waals surface area contributed by atoms with Gasteiger partial charge in [0.25, 0.3) is 11.7 Å². The van der Waals surface area contributed by atoms with E-state index in [0.717, 1.165) is 41.1 Å². The summed E-state index contributed by atoms with van der Waals surface area (Å²) in [5.41, 5.74) is 8.81. The van der Waals surface area contributed by atoms with Gasteiger partial charge in [-0.2, -0.15) is 4.98 Å². The Hall–Kier alpha value is -2.46. The third kappa shape index (κ3) is 3.37. The molecule has 10 heteroatoms. The fraction of sp³-hybridized carbons (Fsp3) is 0.389. The van der Waals surface area contributed by atoms with Crippen molar-refractivity contribution < 1.29 is 9.59 Å². The number of amides is 2. The van der Waals surface area contributed by atoms with E-state index in [2.05, 4.69) is 20.4 Å². The molecule has 4 rings (SSSR count). The second kappa shape index (κ2) is 7.17. The number of hydrogen-bond acceptors (Lipinski definition) is 7. The molecule has 1 aliphatic carbocycles. The molecule has 0 bridgehead atoms. The molecule has 0 radical (unpaired) electrons. The number of aromatic nitrogens is 4. The molecule has 8 nitrogen and oxygen atoms in total. The number of thioether (sulfide) groups is 1. The fourth-order valence-corrected chi connectivity index (χ4v) is 5.42. The Bertz CT molecular complexity index is 1100. The average Bonchev–Trinajstić information content (AvgIpc) is 3.28. The molecule has 0 aliphatic heterocycles. The quantitative estimate of drug-likeness (QED) is 0.618. The summed E-state index contributed by atoms with van der Waals surface area (Å²) in [7, 11) is 0. The maximum Gasteiger partial charge on any atom is 0.253 e. The number of primary amides is 1. The van der Waals surface area contributed by atoms with Gasteiger partial charge in [0, 0.05) is 16.3 Å². The number of fused-ring (bicyclic) bond motifs is 2. The van der Waals surface area contributed by atoms with Crippen LogP contribution in [0.15, 0.2) is 11.2 Å². The monoisotopic (exact) mass is 416 g/mol. The van der Waals surface area contributed by atoms with Crippen LogP contribution in [0.1, 0.15) is 45.5 Å². The summed E-state index contributed by atoms with van der Waals surface area (Å²) >= 11 is 2.70. The van der Waals surface area contributed by atoms with Gasteiger partial charge in [0.05, 0.1) is 10.8 Å². The fourth-order valence-electron chi connectivity index (χ4n) is 3.38. The van der Waals surface area contributed by atoms with E-state index in [1.54, 1.807) is 11.4 Å². The van der Waals surface area contributed by atoms with Gasteiger partial charge >= 0.3 is 0 Å². The Morgan fingerprint density at radius 2 is 2.11 bits per heavy atom. The summed E-state index contributed by atoms with van der Waals surface area (Å²) in [6, 6.07) is 1.92. The van der Waals surface area contributed by atoms with Crippen LogP contribution in [0.4, 0.5) is 5.00 Å². The number of carbonyl (C=O) groups excluding carboxylic acids is 2. The minimum atomic E-state index is -0.492. The number of anilines is 1. The second-order valence-corrected chi connectivity index (χ2v) is 9.23. The van der Waals surface area contributed by atoms with Crippen molar-refractivity contribution in [3.8, 4) is 0 Å². The number of carbonyl (C=O) groups is 2. The van der Waals surface area contributed by atoms with Gasteiger partial charge in [0.15, 0.2) is 0 Å². The first kappa shape index (κ1) is 18.9. The molecule has 1 aliphatic rings. The van der Waals surface area contributed by atoms with Gasteiger partial charge in [0.1, 0.15) is 5.00 Å². The Labute approximate surface area is 169 Å². The molecule has 1 unspecified atom stereocenters. The third-order valence-corrected chi connectivity index (χ3v) is 6.81. The van der Waals surface area contributed by atoms with E-state index >= 15 is 0 Å². The number of nitrogens with one attached hydrogen (secondary N) is 1. The maximum absolute atomic E-state index is 12.7. The smallest absolute Gasteiger partial charge is 0.253 e. The van der Waals surface area contributed by atoms with Crippen molar-refractivity contribution in [2.75, 3.05) is 5.32 Å². The van der Waals surface area contributed by atoms with Crippen LogP contribution in [-0.2, 0) is 17.6 Å². The standard InChI is InChI=1S/C18H20N6O2S2/c1-8-7-9(2)24-17(20-8)22-18(23-24)27-10(3)15(26)21-16-13(14(19)25)11-5-4-6-12(11)28-16/h7,10H,4-6H2,1-3H3,(H2,19,25)(H,21,26). The molecule has 0 aromatic carbocycles. The molecule has 3 N–H and O–H groups in total. The first-order valence-electron chi connectivity index (χ1n) is 8.96. The Morgan fingerprint density at radius 1 is 1.32 bits per heavy atom. The molecule has 0 spiro atoms. The van der Waals surface area contributed by atoms with Crippen molar-refractivity contribution in [2.24, 2.45) is 5.73 Å². The van der Waals surface area contributed by atoms with Crippen LogP contribution >= 0.6 is 23.1 Å². The van der Waals surface area contributed by atoms with Crippen molar-refractivity contribution in [3.63, 3.8) is 0 Å². The highest BCUT2D eigenvalue weighted by atomic mass is 32.2. The highest BCUT2D eigenvalue weighted by Crippen LogP contribution is 2.39. The first-order valence-corrected chi connectivity index (χ1v) is 10.7. The lowest BCUT2D eigenvalue weighted by Crippen LogP contribution is -2.24. The van der Waals surface area contributed by atoms with E-state index in [9.17, 15) is 9.59 Å². The van der Waals surface area contributed by atoms with Crippen LogP contribution in [0.2, 0.25) is 0 Å². The highest BCUT2D eigenvalue weighted by molar-refractivity contribution is 8.00. The van der Waals surface area contributed by atoms with E-state index in [0.29, 0.717) is 21.5 Å². The molecular formula is C18H20N6O2S2. The molecule has 0 fully saturated rings. The van der Waals surface area contributed by atoms with Gasteiger partial charge in [-0.25, -0.2) is 9.50 Å². The topological polar surface area (TPSA) is 115 Å². The van der Waals surface area contributed by atoms with E-state index in [4.69, 9.17) is 5.73 Å². The molecule has 146 valence electrons. The lowest BCUT2D eigenvalue weighted by molar-refractivity contribution is -0.115. The van der Waals surface area contributed by atoms with Crippen molar-refractivity contribution >= 4 is 45.7 Å². The molecule has 2 amide bonds. The van der Waals surface area contributed by atoms with E-state index < -0.39 is 11.2 Å². The molecule has 28 heavy (non-hydrogen) atoms. The van der Waals surface area contributed by atoms with Crippen LogP contribution in [0, 0.1) is 13.8 Å². The number of aryl methyl sites for hydroxylation is 3. The lowest BCUT2D eigenvalue weighted by Gasteiger charge is -2.10. The van der Waals surface area contributed by atoms with Gasteiger partial charge in [0.2, 0.25) is 11.1 Å². The summed E-state index contributed by atoms with van der Waals surface area (Å²) in [5, 5.41) is 7.88. The molecule has 0 saturated heterocycles. The Morgan fingerprint density at radius 3 is 2.86 bits per heavy atom. The van der Waals surface area contributed by atoms with Crippen molar-refractivity contribution in [3.05, 3.63) is 33.5 Å². The van der Waals surface area contributed by atoms with Crippen LogP contribution in [-0.4, -0.2) is 36.6 Å². The van der Waals surface area contributed by atoms with Gasteiger partial charge < -0.3 is 11.1 Å². The number of nitrogens with zero attached hydrogens (tertiary/aromatic N) is 4. The third-order valence-electron chi connectivity index (χ3n) is 4.65. The molecule has 3 heterocycles. The molecule has 0 saturated carbocycles. The van der Waals surface area contributed by atoms with Crippen molar-refractivity contribution in [2.45, 2.75) is 50.4 Å². The average molecular weight is 417 g/mol. The first-order chi connectivity index (χ1) is 13.3. The molecule has 1 atom stereocenters. The number of thiophene rings is 1. The number of hydrogen-bond donors (Lipinski definition) is 2. The van der Waals surface area contributed by atoms with Crippen LogP contribution < -0.4 is 11.1 Å². The largest absolute Gasteiger partial charge is 0.365 e. The zero-order chi connectivity index (χ0) is 20.0. The van der Waals surface area contributed by atoms with E-state index in [1.807, 2.05) is 19.9 Å². The molecule has 3 aromatic heterocycles. The minimum absolute atomic E-state index is 0.216. The normalized spacial score (nSPS) is 14.2. The van der Waals surface area contributed by atoms with Gasteiger partial charge in [-0.15, -0.1) is 16.4 Å². The minimum Gasteiger partial charge on any atom is -0.365 e. The highest BCUT2D eigenvalue weighted by Gasteiger charge is 2.27. The van der Waals surface area contributed by atoms with Crippen LogP contribution in [0.5, 0.6) is 0 Å². The maximum atomic E-state index is 12.7. The van der Waals surface area contributed by atoms with Gasteiger partial charge in [-0.05, 0) is 51.7 Å². The predicted octanol–water partition coefficient (Wildman–Crippen LogP) is 2.51. The number of nitrogens with two attached hydrogens (primary N) is 1. The predicted molar refractivity (Wildman–Crippen MR) is 109 cm³/mol. The van der Waals surface area contributed by atoms with E-state index in [-0.39, 0.29) is 5.91 Å². The summed E-state index contributed by atoms with van der Waals surface area (Å²) in [4.78, 5) is 34.5. The summed E-state index contributed by atoms with van der Waals surface area (Å²) < 4.78 is 1.66. The van der Waals surface area contributed by atoms with Crippen molar-refractivity contribution in [1.82, 2.24) is 19.6 Å². The SMILES string of the molecule is Cc1cc(C)n2nc(SC(C)C(=O)Nc3sc4c(c3C(N)=O)CCC4)nc2n1. The number of rotatable bonds is 5. The summed E-state index contributed by atoms with van der Waals surface area (Å²) in [6.45, 7) is 5.62. The van der Waals surface area contributed by atoms with Crippen LogP contribution in [0.25, 0.3) is 5.78 Å². The summed E-state index contributed by atoms with van der Waals surface area (Å²) in [5.74, 6) is -0.195. The molecular weight excluding hydrogens is 396 g/mol. The second-order valence-electron chi connectivity index (χ2n) is 6.82.